The summed E-state index contributed by atoms with van der Waals surface area (Å²) in [6.07, 6.45) is 1.51. The molecular formula is C27H26F2N2O2. The van der Waals surface area contributed by atoms with Gasteiger partial charge in [0.1, 0.15) is 5.75 Å². The van der Waals surface area contributed by atoms with Gasteiger partial charge in [0.2, 0.25) is 0 Å². The number of nitrogens with one attached hydrogen (secondary N) is 1. The summed E-state index contributed by atoms with van der Waals surface area (Å²) < 4.78 is 32.2. The van der Waals surface area contributed by atoms with Crippen LogP contribution in [-0.2, 0) is 6.54 Å². The van der Waals surface area contributed by atoms with Crippen LogP contribution in [0, 0.1) is 11.6 Å². The number of carbonyl (C=O) groups is 1. The number of methoxy groups -OCH3 is 1. The van der Waals surface area contributed by atoms with Crippen molar-refractivity contribution in [3.05, 3.63) is 95.1 Å². The number of nitrogens with zero attached hydrogens (tertiary/aromatic N) is 1. The first-order valence-corrected chi connectivity index (χ1v) is 11.2. The van der Waals surface area contributed by atoms with E-state index in [4.69, 9.17) is 4.74 Å². The van der Waals surface area contributed by atoms with Gasteiger partial charge in [0, 0.05) is 30.9 Å². The molecule has 0 aromatic heterocycles. The number of para-hydroxylation sites is 1. The van der Waals surface area contributed by atoms with E-state index in [0.29, 0.717) is 12.1 Å². The molecule has 5 rings (SSSR count). The predicted molar refractivity (Wildman–Crippen MR) is 124 cm³/mol. The molecule has 3 aromatic carbocycles. The smallest absolute Gasteiger partial charge is 0.174 e. The molecule has 4 nitrogen and oxygen atoms in total. The molecule has 2 heterocycles. The lowest BCUT2D eigenvalue weighted by Crippen LogP contribution is -2.56. The lowest BCUT2D eigenvalue weighted by Gasteiger charge is -2.50. The zero-order valence-electron chi connectivity index (χ0n) is 18.5. The molecule has 2 aliphatic heterocycles. The van der Waals surface area contributed by atoms with Gasteiger partial charge in [0.15, 0.2) is 17.4 Å². The highest BCUT2D eigenvalue weighted by molar-refractivity contribution is 6.08. The minimum Gasteiger partial charge on any atom is -0.497 e. The minimum atomic E-state index is -0.831. The highest BCUT2D eigenvalue weighted by Crippen LogP contribution is 2.46. The Morgan fingerprint density at radius 2 is 1.73 bits per heavy atom. The van der Waals surface area contributed by atoms with Crippen molar-refractivity contribution in [2.75, 3.05) is 25.5 Å². The molecule has 1 saturated heterocycles. The van der Waals surface area contributed by atoms with Crippen LogP contribution >= 0.6 is 0 Å². The molecule has 1 atom stereocenters. The van der Waals surface area contributed by atoms with Gasteiger partial charge in [-0.15, -0.1) is 0 Å². The Morgan fingerprint density at radius 1 is 1.00 bits per heavy atom. The van der Waals surface area contributed by atoms with Crippen molar-refractivity contribution in [1.29, 1.82) is 0 Å². The molecular weight excluding hydrogens is 422 g/mol. The van der Waals surface area contributed by atoms with Gasteiger partial charge in [0.25, 0.3) is 0 Å². The molecule has 0 saturated carbocycles. The minimum absolute atomic E-state index is 0.128. The fourth-order valence-corrected chi connectivity index (χ4v) is 5.24. The summed E-state index contributed by atoms with van der Waals surface area (Å²) in [5, 5.41) is 3.73. The average molecular weight is 449 g/mol. The number of anilines is 1. The number of piperidine rings is 1. The van der Waals surface area contributed by atoms with E-state index < -0.39 is 17.2 Å². The molecule has 170 valence electrons. The average Bonchev–Trinajstić information content (AvgIpc) is 2.83. The van der Waals surface area contributed by atoms with Crippen molar-refractivity contribution >= 4 is 11.5 Å². The van der Waals surface area contributed by atoms with Crippen molar-refractivity contribution in [1.82, 2.24) is 4.90 Å². The van der Waals surface area contributed by atoms with Crippen LogP contribution in [0.5, 0.6) is 5.75 Å². The molecule has 1 fully saturated rings. The second-order valence-corrected chi connectivity index (χ2v) is 8.92. The van der Waals surface area contributed by atoms with Gasteiger partial charge in [0.05, 0.1) is 18.6 Å². The van der Waals surface area contributed by atoms with Crippen molar-refractivity contribution in [3.8, 4) is 5.75 Å². The number of ether oxygens (including phenoxy) is 1. The van der Waals surface area contributed by atoms with E-state index in [1.165, 1.54) is 12.1 Å². The van der Waals surface area contributed by atoms with Crippen molar-refractivity contribution in [2.45, 2.75) is 30.8 Å². The van der Waals surface area contributed by atoms with E-state index in [2.05, 4.69) is 10.2 Å². The quantitative estimate of drug-likeness (QED) is 0.580. The highest BCUT2D eigenvalue weighted by atomic mass is 19.2. The number of halogens is 2. The number of ketones is 1. The number of hydrogen-bond acceptors (Lipinski definition) is 4. The SMILES string of the molecule is COc1ccc(C2C(=O)c3ccccc3NC23CCN(Cc2ccc(F)c(F)c2)CC3)cc1. The molecule has 1 spiro atoms. The van der Waals surface area contributed by atoms with Gasteiger partial charge >= 0.3 is 0 Å². The van der Waals surface area contributed by atoms with E-state index in [-0.39, 0.29) is 11.7 Å². The summed E-state index contributed by atoms with van der Waals surface area (Å²) >= 11 is 0. The van der Waals surface area contributed by atoms with Crippen LogP contribution < -0.4 is 10.1 Å². The normalized spacial score (nSPS) is 19.7. The number of carbonyl (C=O) groups excluding carboxylic acids is 1. The summed E-state index contributed by atoms with van der Waals surface area (Å²) in [4.78, 5) is 16.0. The van der Waals surface area contributed by atoms with Crippen LogP contribution in [0.1, 0.15) is 40.2 Å². The zero-order valence-corrected chi connectivity index (χ0v) is 18.5. The van der Waals surface area contributed by atoms with Gasteiger partial charge in [-0.1, -0.05) is 30.3 Å². The topological polar surface area (TPSA) is 41.6 Å². The van der Waals surface area contributed by atoms with E-state index in [1.807, 2.05) is 48.5 Å². The molecule has 6 heteroatoms. The fraction of sp³-hybridized carbons (Fsp3) is 0.296. The lowest BCUT2D eigenvalue weighted by atomic mass is 9.67. The first kappa shape index (κ1) is 21.6. The third-order valence-electron chi connectivity index (χ3n) is 6.98. The molecule has 33 heavy (non-hydrogen) atoms. The standard InChI is InChI=1S/C27H26F2N2O2/c1-33-20-9-7-19(8-10-20)25-26(32)21-4-2-3-5-24(21)30-27(25)12-14-31(15-13-27)17-18-6-11-22(28)23(29)16-18/h2-11,16,25,30H,12-15,17H2,1H3. The number of benzene rings is 3. The van der Waals surface area contributed by atoms with Gasteiger partial charge in [-0.2, -0.15) is 0 Å². The van der Waals surface area contributed by atoms with Gasteiger partial charge < -0.3 is 10.1 Å². The van der Waals surface area contributed by atoms with Crippen molar-refractivity contribution < 1.29 is 18.3 Å². The van der Waals surface area contributed by atoms with Gasteiger partial charge in [-0.3, -0.25) is 9.69 Å². The maximum atomic E-state index is 13.7. The van der Waals surface area contributed by atoms with Crippen LogP contribution in [0.15, 0.2) is 66.7 Å². The van der Waals surface area contributed by atoms with Crippen LogP contribution in [0.2, 0.25) is 0 Å². The van der Waals surface area contributed by atoms with Crippen LogP contribution in [0.25, 0.3) is 0 Å². The first-order valence-electron chi connectivity index (χ1n) is 11.2. The third-order valence-corrected chi connectivity index (χ3v) is 6.98. The zero-order chi connectivity index (χ0) is 23.0. The van der Waals surface area contributed by atoms with Gasteiger partial charge in [-0.05, 0) is 60.4 Å². The summed E-state index contributed by atoms with van der Waals surface area (Å²) in [5.74, 6) is -1.09. The van der Waals surface area contributed by atoms with Gasteiger partial charge in [-0.25, -0.2) is 8.78 Å². The molecule has 1 unspecified atom stereocenters. The number of hydrogen-bond donors (Lipinski definition) is 1. The Morgan fingerprint density at radius 3 is 2.42 bits per heavy atom. The Labute approximate surface area is 192 Å². The Hall–Kier alpha value is -3.25. The van der Waals surface area contributed by atoms with Crippen LogP contribution in [0.3, 0.4) is 0 Å². The Balaban J connectivity index is 1.43. The summed E-state index contributed by atoms with van der Waals surface area (Å²) in [7, 11) is 1.63. The molecule has 0 aliphatic carbocycles. The number of fused-ring (bicyclic) bond motifs is 1. The molecule has 0 radical (unpaired) electrons. The van der Waals surface area contributed by atoms with Crippen LogP contribution in [0.4, 0.5) is 14.5 Å². The largest absolute Gasteiger partial charge is 0.497 e. The fourth-order valence-electron chi connectivity index (χ4n) is 5.24. The number of likely N-dealkylation sites (tertiary alicyclic amines) is 1. The third kappa shape index (κ3) is 4.00. The van der Waals surface area contributed by atoms with Crippen molar-refractivity contribution in [2.24, 2.45) is 0 Å². The maximum absolute atomic E-state index is 13.7. The van der Waals surface area contributed by atoms with E-state index in [1.54, 1.807) is 13.2 Å². The maximum Gasteiger partial charge on any atom is 0.174 e. The number of rotatable bonds is 4. The van der Waals surface area contributed by atoms with Crippen molar-refractivity contribution in [3.63, 3.8) is 0 Å². The lowest BCUT2D eigenvalue weighted by molar-refractivity contribution is 0.0842. The molecule has 0 bridgehead atoms. The monoisotopic (exact) mass is 448 g/mol. The van der Waals surface area contributed by atoms with E-state index in [0.717, 1.165) is 48.5 Å². The summed E-state index contributed by atoms with van der Waals surface area (Å²) in [5.41, 5.74) is 2.89. The predicted octanol–water partition coefficient (Wildman–Crippen LogP) is 5.40. The summed E-state index contributed by atoms with van der Waals surface area (Å²) in [6, 6.07) is 19.5. The highest BCUT2D eigenvalue weighted by Gasteiger charge is 2.49. The second kappa shape index (κ2) is 8.60. The summed E-state index contributed by atoms with van der Waals surface area (Å²) in [6.45, 7) is 2.03. The van der Waals surface area contributed by atoms with Crippen LogP contribution in [-0.4, -0.2) is 36.4 Å². The molecule has 1 N–H and O–H groups in total. The Bertz CT molecular complexity index is 1170. The molecule has 0 amide bonds. The Kier molecular flexibility index (Phi) is 5.62. The van der Waals surface area contributed by atoms with E-state index in [9.17, 15) is 13.6 Å². The second-order valence-electron chi connectivity index (χ2n) is 8.92. The molecule has 3 aromatic rings. The molecule has 2 aliphatic rings. The van der Waals surface area contributed by atoms with E-state index >= 15 is 0 Å². The first-order chi connectivity index (χ1) is 16.0. The number of Topliss-reactive ketones (excluding diaryl/α,β-unsaturated/α-hetero) is 1.